The van der Waals surface area contributed by atoms with Gasteiger partial charge in [-0.1, -0.05) is 30.3 Å². The van der Waals surface area contributed by atoms with Gasteiger partial charge in [0, 0.05) is 13.1 Å². The second-order valence-electron chi connectivity index (χ2n) is 6.05. The minimum atomic E-state index is -0.536. The zero-order valence-corrected chi connectivity index (χ0v) is 12.3. The molecule has 1 aromatic rings. The van der Waals surface area contributed by atoms with E-state index in [0.717, 1.165) is 25.1 Å². The number of hydrogen-bond acceptors (Lipinski definition) is 3. The molecule has 21 heavy (non-hydrogen) atoms. The summed E-state index contributed by atoms with van der Waals surface area (Å²) >= 11 is 0. The lowest BCUT2D eigenvalue weighted by atomic mass is 10.0. The van der Waals surface area contributed by atoms with Gasteiger partial charge in [0.2, 0.25) is 11.8 Å². The van der Waals surface area contributed by atoms with Crippen molar-refractivity contribution in [1.82, 2.24) is 15.1 Å². The second-order valence-corrected chi connectivity index (χ2v) is 6.05. The molecule has 0 saturated carbocycles. The fourth-order valence-electron chi connectivity index (χ4n) is 3.22. The molecule has 2 saturated heterocycles. The number of hydrogen-bond donors (Lipinski definition) is 1. The number of carbonyl (C=O) groups is 2. The maximum absolute atomic E-state index is 12.6. The Bertz CT molecular complexity index is 532. The average Bonchev–Trinajstić information content (AvgIpc) is 2.89. The lowest BCUT2D eigenvalue weighted by Gasteiger charge is -2.34. The summed E-state index contributed by atoms with van der Waals surface area (Å²) in [6.45, 7) is 2.94. The Hall–Kier alpha value is -1.88. The molecule has 1 N–H and O–H groups in total. The molecule has 3 rings (SSSR count). The maximum atomic E-state index is 12.6. The van der Waals surface area contributed by atoms with Crippen molar-refractivity contribution in [1.29, 1.82) is 0 Å². The quantitative estimate of drug-likeness (QED) is 0.887. The number of benzene rings is 1. The van der Waals surface area contributed by atoms with Gasteiger partial charge in [-0.05, 0) is 31.5 Å². The van der Waals surface area contributed by atoms with E-state index in [9.17, 15) is 9.59 Å². The first-order chi connectivity index (χ1) is 10.1. The van der Waals surface area contributed by atoms with Gasteiger partial charge in [-0.2, -0.15) is 0 Å². The number of rotatable bonds is 3. The zero-order valence-electron chi connectivity index (χ0n) is 12.3. The summed E-state index contributed by atoms with van der Waals surface area (Å²) in [5, 5.41) is 2.81. The van der Waals surface area contributed by atoms with Crippen LogP contribution in [-0.2, 0) is 9.59 Å². The minimum Gasteiger partial charge on any atom is -0.339 e. The van der Waals surface area contributed by atoms with E-state index >= 15 is 0 Å². The molecule has 2 amide bonds. The molecule has 2 atom stereocenters. The van der Waals surface area contributed by atoms with Gasteiger partial charge in [0.15, 0.2) is 0 Å². The van der Waals surface area contributed by atoms with Crippen molar-refractivity contribution in [3.8, 4) is 0 Å². The topological polar surface area (TPSA) is 52.6 Å². The Kier molecular flexibility index (Phi) is 3.92. The monoisotopic (exact) mass is 287 g/mol. The van der Waals surface area contributed by atoms with Crippen LogP contribution in [0.2, 0.25) is 0 Å². The summed E-state index contributed by atoms with van der Waals surface area (Å²) in [4.78, 5) is 28.6. The Morgan fingerprint density at radius 2 is 2.00 bits per heavy atom. The molecule has 2 aliphatic heterocycles. The number of nitrogens with one attached hydrogen (secondary N) is 1. The highest BCUT2D eigenvalue weighted by molar-refractivity contribution is 5.95. The third-order valence-electron chi connectivity index (χ3n) is 4.30. The molecule has 0 spiro atoms. The van der Waals surface area contributed by atoms with Gasteiger partial charge in [0.05, 0.1) is 6.54 Å². The number of carbonyl (C=O) groups excluding carboxylic acids is 2. The molecule has 0 bridgehead atoms. The molecule has 5 nitrogen and oxygen atoms in total. The number of nitrogens with zero attached hydrogens (tertiary/aromatic N) is 2. The molecule has 5 heteroatoms. The standard InChI is InChI=1S/C16H21N3O2/c1-18-8-7-12(9-18)10-19-11-14(20)17-15(16(19)21)13-5-3-2-4-6-13/h2-6,12,15H,7-11H2,1H3,(H,17,20). The summed E-state index contributed by atoms with van der Waals surface area (Å²) in [5.74, 6) is 0.409. The summed E-state index contributed by atoms with van der Waals surface area (Å²) in [6.07, 6.45) is 1.10. The molecular weight excluding hydrogens is 266 g/mol. The summed E-state index contributed by atoms with van der Waals surface area (Å²) in [5.41, 5.74) is 0.851. The zero-order chi connectivity index (χ0) is 14.8. The first-order valence-electron chi connectivity index (χ1n) is 7.45. The molecule has 0 aliphatic carbocycles. The fraction of sp³-hybridized carbons (Fsp3) is 0.500. The van der Waals surface area contributed by atoms with Crippen LogP contribution >= 0.6 is 0 Å². The van der Waals surface area contributed by atoms with E-state index in [1.807, 2.05) is 30.3 Å². The van der Waals surface area contributed by atoms with E-state index < -0.39 is 6.04 Å². The SMILES string of the molecule is CN1CCC(CN2CC(=O)NC(c3ccccc3)C2=O)C1. The van der Waals surface area contributed by atoms with E-state index in [-0.39, 0.29) is 18.4 Å². The first kappa shape index (κ1) is 14.1. The normalized spacial score (nSPS) is 27.0. The van der Waals surface area contributed by atoms with Crippen LogP contribution in [0.5, 0.6) is 0 Å². The van der Waals surface area contributed by atoms with Crippen molar-refractivity contribution in [2.24, 2.45) is 5.92 Å². The van der Waals surface area contributed by atoms with Crippen molar-refractivity contribution in [2.45, 2.75) is 12.5 Å². The van der Waals surface area contributed by atoms with Gasteiger partial charge >= 0.3 is 0 Å². The van der Waals surface area contributed by atoms with Gasteiger partial charge in [0.1, 0.15) is 6.04 Å². The second kappa shape index (κ2) is 5.85. The Balaban J connectivity index is 1.73. The van der Waals surface area contributed by atoms with Crippen LogP contribution < -0.4 is 5.32 Å². The van der Waals surface area contributed by atoms with Crippen LogP contribution in [0.15, 0.2) is 30.3 Å². The molecule has 112 valence electrons. The van der Waals surface area contributed by atoms with Crippen molar-refractivity contribution in [3.05, 3.63) is 35.9 Å². The lowest BCUT2D eigenvalue weighted by Crippen LogP contribution is -2.54. The average molecular weight is 287 g/mol. The third kappa shape index (κ3) is 3.08. The predicted molar refractivity (Wildman–Crippen MR) is 79.5 cm³/mol. The lowest BCUT2D eigenvalue weighted by molar-refractivity contribution is -0.145. The molecular formula is C16H21N3O2. The largest absolute Gasteiger partial charge is 0.339 e. The van der Waals surface area contributed by atoms with E-state index in [0.29, 0.717) is 12.5 Å². The molecule has 0 radical (unpaired) electrons. The van der Waals surface area contributed by atoms with Crippen molar-refractivity contribution in [2.75, 3.05) is 33.2 Å². The van der Waals surface area contributed by atoms with Crippen LogP contribution in [0.1, 0.15) is 18.0 Å². The van der Waals surface area contributed by atoms with Gasteiger partial charge in [-0.15, -0.1) is 0 Å². The van der Waals surface area contributed by atoms with E-state index in [4.69, 9.17) is 0 Å². The number of likely N-dealkylation sites (tertiary alicyclic amines) is 1. The van der Waals surface area contributed by atoms with Crippen LogP contribution in [0.3, 0.4) is 0 Å². The minimum absolute atomic E-state index is 0.00959. The van der Waals surface area contributed by atoms with Gasteiger partial charge in [0.25, 0.3) is 0 Å². The first-order valence-corrected chi connectivity index (χ1v) is 7.45. The van der Waals surface area contributed by atoms with E-state index in [1.165, 1.54) is 0 Å². The Morgan fingerprint density at radius 1 is 1.24 bits per heavy atom. The van der Waals surface area contributed by atoms with Crippen LogP contribution in [0.25, 0.3) is 0 Å². The van der Waals surface area contributed by atoms with Gasteiger partial charge < -0.3 is 15.1 Å². The molecule has 1 aromatic carbocycles. The molecule has 2 heterocycles. The molecule has 2 fully saturated rings. The summed E-state index contributed by atoms with van der Waals surface area (Å²) in [6, 6.07) is 8.92. The van der Waals surface area contributed by atoms with Crippen molar-refractivity contribution >= 4 is 11.8 Å². The summed E-state index contributed by atoms with van der Waals surface area (Å²) < 4.78 is 0. The fourth-order valence-corrected chi connectivity index (χ4v) is 3.22. The Labute approximate surface area is 124 Å². The third-order valence-corrected chi connectivity index (χ3v) is 4.30. The van der Waals surface area contributed by atoms with Crippen LogP contribution in [-0.4, -0.2) is 54.8 Å². The van der Waals surface area contributed by atoms with Crippen LogP contribution in [0, 0.1) is 5.92 Å². The molecule has 2 aliphatic rings. The van der Waals surface area contributed by atoms with Crippen molar-refractivity contribution in [3.63, 3.8) is 0 Å². The van der Waals surface area contributed by atoms with Crippen molar-refractivity contribution < 1.29 is 9.59 Å². The van der Waals surface area contributed by atoms with Gasteiger partial charge in [-0.3, -0.25) is 9.59 Å². The molecule has 2 unspecified atom stereocenters. The Morgan fingerprint density at radius 3 is 2.67 bits per heavy atom. The number of piperazine rings is 1. The van der Waals surface area contributed by atoms with E-state index in [1.54, 1.807) is 4.90 Å². The highest BCUT2D eigenvalue weighted by Gasteiger charge is 2.35. The van der Waals surface area contributed by atoms with E-state index in [2.05, 4.69) is 17.3 Å². The predicted octanol–water partition coefficient (Wildman–Crippen LogP) is 0.638. The van der Waals surface area contributed by atoms with Crippen LogP contribution in [0.4, 0.5) is 0 Å². The highest BCUT2D eigenvalue weighted by Crippen LogP contribution is 2.22. The summed E-state index contributed by atoms with van der Waals surface area (Å²) in [7, 11) is 2.09. The molecule has 0 aromatic heterocycles. The van der Waals surface area contributed by atoms with Gasteiger partial charge in [-0.25, -0.2) is 0 Å². The smallest absolute Gasteiger partial charge is 0.250 e. The number of amides is 2. The maximum Gasteiger partial charge on any atom is 0.250 e. The highest BCUT2D eigenvalue weighted by atomic mass is 16.2.